The highest BCUT2D eigenvalue weighted by atomic mass is 32.1. The molecular formula is C24H25F3N4S. The van der Waals surface area contributed by atoms with Gasteiger partial charge in [0.15, 0.2) is 5.11 Å². The van der Waals surface area contributed by atoms with Gasteiger partial charge in [0.25, 0.3) is 0 Å². The Morgan fingerprint density at radius 1 is 1.09 bits per heavy atom. The number of aromatic nitrogens is 2. The van der Waals surface area contributed by atoms with E-state index < -0.39 is 11.7 Å². The van der Waals surface area contributed by atoms with E-state index in [1.54, 1.807) is 12.3 Å². The zero-order valence-corrected chi connectivity index (χ0v) is 19.0. The zero-order chi connectivity index (χ0) is 23.0. The first-order chi connectivity index (χ1) is 15.2. The lowest BCUT2D eigenvalue weighted by Crippen LogP contribution is -2.30. The summed E-state index contributed by atoms with van der Waals surface area (Å²) >= 11 is 5.65. The average molecular weight is 459 g/mol. The number of benzene rings is 1. The van der Waals surface area contributed by atoms with Crippen LogP contribution in [0.2, 0.25) is 0 Å². The van der Waals surface area contributed by atoms with Crippen molar-refractivity contribution in [1.82, 2.24) is 19.8 Å². The van der Waals surface area contributed by atoms with Crippen LogP contribution in [-0.2, 0) is 6.18 Å². The Morgan fingerprint density at radius 3 is 2.53 bits per heavy atom. The molecule has 2 aromatic heterocycles. The molecule has 1 aliphatic rings. The summed E-state index contributed by atoms with van der Waals surface area (Å²) in [6.07, 6.45) is -1.72. The van der Waals surface area contributed by atoms with Gasteiger partial charge in [-0.1, -0.05) is 19.1 Å². The fourth-order valence-electron chi connectivity index (χ4n) is 4.53. The van der Waals surface area contributed by atoms with Crippen LogP contribution in [0.25, 0.3) is 5.69 Å². The van der Waals surface area contributed by atoms with Crippen LogP contribution in [0.3, 0.4) is 0 Å². The van der Waals surface area contributed by atoms with E-state index >= 15 is 0 Å². The molecule has 0 radical (unpaired) electrons. The monoisotopic (exact) mass is 458 g/mol. The predicted octanol–water partition coefficient (Wildman–Crippen LogP) is 5.89. The van der Waals surface area contributed by atoms with Crippen LogP contribution in [0.4, 0.5) is 13.2 Å². The number of hydrogen-bond donors (Lipinski definition) is 1. The molecule has 0 amide bonds. The van der Waals surface area contributed by atoms with Crippen molar-refractivity contribution in [2.75, 3.05) is 6.54 Å². The third-order valence-electron chi connectivity index (χ3n) is 5.88. The van der Waals surface area contributed by atoms with Crippen molar-refractivity contribution < 1.29 is 13.2 Å². The van der Waals surface area contributed by atoms with E-state index in [9.17, 15) is 13.2 Å². The maximum atomic E-state index is 13.3. The molecule has 0 spiro atoms. The van der Waals surface area contributed by atoms with Crippen LogP contribution in [0, 0.1) is 13.8 Å². The minimum atomic E-state index is -4.39. The summed E-state index contributed by atoms with van der Waals surface area (Å²) in [5, 5.41) is 4.08. The van der Waals surface area contributed by atoms with E-state index in [-0.39, 0.29) is 12.1 Å². The van der Waals surface area contributed by atoms with Crippen molar-refractivity contribution in [2.24, 2.45) is 0 Å². The Labute approximate surface area is 191 Å². The molecule has 1 aliphatic heterocycles. The van der Waals surface area contributed by atoms with E-state index in [0.717, 1.165) is 41.7 Å². The molecule has 1 fully saturated rings. The van der Waals surface area contributed by atoms with Gasteiger partial charge in [0, 0.05) is 29.8 Å². The third-order valence-corrected chi connectivity index (χ3v) is 6.24. The lowest BCUT2D eigenvalue weighted by atomic mass is 9.96. The summed E-state index contributed by atoms with van der Waals surface area (Å²) in [6, 6.07) is 13.0. The van der Waals surface area contributed by atoms with Crippen molar-refractivity contribution in [2.45, 2.75) is 45.5 Å². The van der Waals surface area contributed by atoms with E-state index in [1.807, 2.05) is 36.6 Å². The van der Waals surface area contributed by atoms with E-state index in [4.69, 9.17) is 12.2 Å². The number of pyridine rings is 1. The van der Waals surface area contributed by atoms with E-state index in [0.29, 0.717) is 10.8 Å². The molecule has 4 rings (SSSR count). The van der Waals surface area contributed by atoms with Crippen LogP contribution in [0.5, 0.6) is 0 Å². The van der Waals surface area contributed by atoms with Crippen molar-refractivity contribution in [3.05, 3.63) is 82.9 Å². The van der Waals surface area contributed by atoms with Gasteiger partial charge in [-0.15, -0.1) is 0 Å². The minimum Gasteiger partial charge on any atom is -0.352 e. The number of thiocarbonyl (C=S) groups is 1. The maximum Gasteiger partial charge on any atom is 0.416 e. The second-order valence-corrected chi connectivity index (χ2v) is 8.42. The highest BCUT2D eigenvalue weighted by Crippen LogP contribution is 2.41. The summed E-state index contributed by atoms with van der Waals surface area (Å²) in [7, 11) is 0. The van der Waals surface area contributed by atoms with Crippen molar-refractivity contribution in [3.63, 3.8) is 0 Å². The second kappa shape index (κ2) is 8.58. The van der Waals surface area contributed by atoms with Gasteiger partial charge in [0.1, 0.15) is 0 Å². The van der Waals surface area contributed by atoms with Gasteiger partial charge in [0.2, 0.25) is 0 Å². The van der Waals surface area contributed by atoms with Gasteiger partial charge in [-0.2, -0.15) is 13.2 Å². The average Bonchev–Trinajstić information content (AvgIpc) is 3.24. The highest BCUT2D eigenvalue weighted by molar-refractivity contribution is 7.80. The normalized spacial score (nSPS) is 18.8. The molecule has 4 nitrogen and oxygen atoms in total. The number of alkyl halides is 3. The molecule has 8 heteroatoms. The summed E-state index contributed by atoms with van der Waals surface area (Å²) < 4.78 is 41.8. The lowest BCUT2D eigenvalue weighted by molar-refractivity contribution is -0.137. The second-order valence-electron chi connectivity index (χ2n) is 8.03. The number of nitrogens with one attached hydrogen (secondary N) is 1. The van der Waals surface area contributed by atoms with Gasteiger partial charge in [0.05, 0.1) is 23.3 Å². The summed E-state index contributed by atoms with van der Waals surface area (Å²) in [4.78, 5) is 6.70. The van der Waals surface area contributed by atoms with E-state index in [1.165, 1.54) is 12.1 Å². The fourth-order valence-corrected chi connectivity index (χ4v) is 4.86. The van der Waals surface area contributed by atoms with Gasteiger partial charge in [-0.25, -0.2) is 0 Å². The minimum absolute atomic E-state index is 0.108. The summed E-state index contributed by atoms with van der Waals surface area (Å²) in [6.45, 7) is 6.73. The molecule has 1 aromatic carbocycles. The molecule has 0 aliphatic carbocycles. The molecule has 0 unspecified atom stereocenters. The smallest absolute Gasteiger partial charge is 0.352 e. The van der Waals surface area contributed by atoms with Crippen LogP contribution >= 0.6 is 12.2 Å². The molecule has 3 heterocycles. The topological polar surface area (TPSA) is 33.1 Å². The number of rotatable bonds is 5. The first-order valence-corrected chi connectivity index (χ1v) is 11.0. The molecule has 0 saturated carbocycles. The summed E-state index contributed by atoms with van der Waals surface area (Å²) in [5.41, 5.74) is 3.49. The van der Waals surface area contributed by atoms with Crippen molar-refractivity contribution >= 4 is 17.3 Å². The van der Waals surface area contributed by atoms with Gasteiger partial charge >= 0.3 is 6.18 Å². The Bertz CT molecular complexity index is 1120. The first kappa shape index (κ1) is 22.3. The molecule has 1 saturated heterocycles. The Balaban J connectivity index is 1.83. The molecule has 168 valence electrons. The van der Waals surface area contributed by atoms with Crippen molar-refractivity contribution in [3.8, 4) is 5.69 Å². The van der Waals surface area contributed by atoms with Gasteiger partial charge < -0.3 is 14.8 Å². The Morgan fingerprint density at radius 2 is 1.88 bits per heavy atom. The van der Waals surface area contributed by atoms with Gasteiger partial charge in [-0.05, 0) is 74.4 Å². The number of halogens is 3. The lowest BCUT2D eigenvalue weighted by Gasteiger charge is -2.27. The zero-order valence-electron chi connectivity index (χ0n) is 18.1. The molecule has 2 atom stereocenters. The largest absolute Gasteiger partial charge is 0.416 e. The molecule has 1 N–H and O–H groups in total. The van der Waals surface area contributed by atoms with Crippen LogP contribution in [0.15, 0.2) is 54.7 Å². The SMILES string of the molecule is CCCN1C(=S)N[C@@H](c2ccccn2)[C@@H]1c1cc(C)n(-c2cccc(C(F)(F)F)c2)c1C. The number of nitrogens with zero attached hydrogens (tertiary/aromatic N) is 3. The molecule has 32 heavy (non-hydrogen) atoms. The highest BCUT2D eigenvalue weighted by Gasteiger charge is 2.41. The molecule has 3 aromatic rings. The van der Waals surface area contributed by atoms with Crippen LogP contribution < -0.4 is 5.32 Å². The first-order valence-electron chi connectivity index (χ1n) is 10.6. The standard InChI is InChI=1S/C24H25F3N4S/c1-4-12-30-22(21(29-23(30)32)20-10-5-6-11-28-20)19-13-15(2)31(16(19)3)18-9-7-8-17(14-18)24(25,26)27/h5-11,13-14,21-22H,4,12H2,1-3H3,(H,29,32)/t21-,22-/m0/s1. The van der Waals surface area contributed by atoms with E-state index in [2.05, 4.69) is 28.2 Å². The predicted molar refractivity (Wildman–Crippen MR) is 123 cm³/mol. The Kier molecular flexibility index (Phi) is 5.99. The number of aryl methyl sites for hydroxylation is 1. The fraction of sp³-hybridized carbons (Fsp3) is 0.333. The molecular weight excluding hydrogens is 433 g/mol. The summed E-state index contributed by atoms with van der Waals surface area (Å²) in [5.74, 6) is 0. The van der Waals surface area contributed by atoms with Gasteiger partial charge in [-0.3, -0.25) is 4.98 Å². The number of hydrogen-bond acceptors (Lipinski definition) is 2. The maximum absolute atomic E-state index is 13.3. The Hall–Kier alpha value is -2.87. The van der Waals surface area contributed by atoms with Crippen LogP contribution in [0.1, 0.15) is 53.6 Å². The van der Waals surface area contributed by atoms with Crippen LogP contribution in [-0.4, -0.2) is 26.1 Å². The van der Waals surface area contributed by atoms with Crippen molar-refractivity contribution in [1.29, 1.82) is 0 Å². The molecule has 0 bridgehead atoms. The quantitative estimate of drug-likeness (QED) is 0.484. The third kappa shape index (κ3) is 3.99.